The van der Waals surface area contributed by atoms with Crippen LogP contribution in [0.3, 0.4) is 0 Å². The summed E-state index contributed by atoms with van der Waals surface area (Å²) >= 11 is 1.90. The summed E-state index contributed by atoms with van der Waals surface area (Å²) in [5.74, 6) is 0. The molecule has 0 aliphatic carbocycles. The first-order valence-electron chi connectivity index (χ1n) is 19.8. The van der Waals surface area contributed by atoms with Gasteiger partial charge in [0, 0.05) is 36.9 Å². The number of hydrogen-bond donors (Lipinski definition) is 0. The molecule has 0 fully saturated rings. The Hall–Kier alpha value is -7.26. The van der Waals surface area contributed by atoms with Gasteiger partial charge in [-0.1, -0.05) is 194 Å². The minimum Gasteiger partial charge on any atom is -0.310 e. The normalized spacial score (nSPS) is 11.4. The van der Waals surface area contributed by atoms with Gasteiger partial charge >= 0.3 is 0 Å². The molecule has 272 valence electrons. The first-order valence-corrected chi connectivity index (χ1v) is 20.7. The molecule has 0 spiro atoms. The maximum absolute atomic E-state index is 2.41. The molecule has 0 radical (unpaired) electrons. The van der Waals surface area contributed by atoms with Crippen molar-refractivity contribution < 1.29 is 0 Å². The molecule has 0 aliphatic heterocycles. The molecule has 0 N–H and O–H groups in total. The maximum Gasteiger partial charge on any atom is 0.0546 e. The quantitative estimate of drug-likeness (QED) is 0.146. The number of thiophene rings is 1. The molecule has 11 rings (SSSR count). The van der Waals surface area contributed by atoms with E-state index in [1.165, 1.54) is 86.2 Å². The van der Waals surface area contributed by atoms with Gasteiger partial charge in [0.25, 0.3) is 0 Å². The van der Waals surface area contributed by atoms with Gasteiger partial charge < -0.3 is 4.90 Å². The van der Waals surface area contributed by atoms with Gasteiger partial charge in [-0.2, -0.15) is 0 Å². The van der Waals surface area contributed by atoms with E-state index in [1.807, 2.05) is 11.3 Å². The Bertz CT molecular complexity index is 3240. The molecule has 0 atom stereocenters. The molecule has 58 heavy (non-hydrogen) atoms. The molecule has 0 aliphatic rings. The van der Waals surface area contributed by atoms with Gasteiger partial charge in [-0.15, -0.1) is 11.3 Å². The molecule has 0 saturated carbocycles. The molecular formula is C56H37NS. The number of anilines is 3. The van der Waals surface area contributed by atoms with Gasteiger partial charge in [0.2, 0.25) is 0 Å². The minimum absolute atomic E-state index is 1.11. The highest BCUT2D eigenvalue weighted by molar-refractivity contribution is 7.26. The highest BCUT2D eigenvalue weighted by Gasteiger charge is 2.18. The van der Waals surface area contributed by atoms with Gasteiger partial charge in [0.15, 0.2) is 0 Å². The van der Waals surface area contributed by atoms with Crippen LogP contribution in [0.25, 0.3) is 86.2 Å². The Morgan fingerprint density at radius 2 is 0.672 bits per heavy atom. The lowest BCUT2D eigenvalue weighted by atomic mass is 9.97. The third kappa shape index (κ3) is 5.94. The first-order chi connectivity index (χ1) is 28.8. The molecule has 0 saturated heterocycles. The van der Waals surface area contributed by atoms with Crippen LogP contribution in [0.1, 0.15) is 0 Å². The summed E-state index contributed by atoms with van der Waals surface area (Å²) in [7, 11) is 0. The summed E-state index contributed by atoms with van der Waals surface area (Å²) in [6.07, 6.45) is 0. The second-order valence-electron chi connectivity index (χ2n) is 14.9. The smallest absolute Gasteiger partial charge is 0.0546 e. The van der Waals surface area contributed by atoms with E-state index in [2.05, 4.69) is 229 Å². The molecule has 1 aromatic heterocycles. The zero-order valence-electron chi connectivity index (χ0n) is 31.7. The Morgan fingerprint density at radius 1 is 0.276 bits per heavy atom. The van der Waals surface area contributed by atoms with Crippen molar-refractivity contribution in [2.24, 2.45) is 0 Å². The lowest BCUT2D eigenvalue weighted by Gasteiger charge is -2.28. The predicted molar refractivity (Wildman–Crippen MR) is 251 cm³/mol. The van der Waals surface area contributed by atoms with E-state index in [0.717, 1.165) is 17.1 Å². The Morgan fingerprint density at radius 3 is 1.24 bits per heavy atom. The molecule has 1 heterocycles. The van der Waals surface area contributed by atoms with E-state index >= 15 is 0 Å². The van der Waals surface area contributed by atoms with Crippen LogP contribution in [-0.4, -0.2) is 0 Å². The molecule has 0 amide bonds. The van der Waals surface area contributed by atoms with E-state index in [0.29, 0.717) is 0 Å². The number of nitrogens with zero attached hydrogens (tertiary/aromatic N) is 1. The molecule has 1 nitrogen and oxygen atoms in total. The van der Waals surface area contributed by atoms with Crippen molar-refractivity contribution in [2.45, 2.75) is 0 Å². The zero-order valence-corrected chi connectivity index (χ0v) is 32.5. The first kappa shape index (κ1) is 34.0. The average Bonchev–Trinajstić information content (AvgIpc) is 3.70. The summed E-state index contributed by atoms with van der Waals surface area (Å²) in [4.78, 5) is 2.41. The molecule has 11 aromatic rings. The van der Waals surface area contributed by atoms with Crippen LogP contribution in [0.2, 0.25) is 0 Å². The SMILES string of the molecule is c1ccc(-c2ccc(N(c3ccc(-c4ccc(-c5cccc6c5sc5c(-c7ccccc7)cccc56)cc4)cc3)c3cc4ccccc4c4ccccc34)cc2)cc1. The van der Waals surface area contributed by atoms with E-state index in [1.54, 1.807) is 0 Å². The van der Waals surface area contributed by atoms with Crippen molar-refractivity contribution in [3.63, 3.8) is 0 Å². The fourth-order valence-electron chi connectivity index (χ4n) is 8.62. The van der Waals surface area contributed by atoms with Crippen molar-refractivity contribution in [2.75, 3.05) is 4.90 Å². The number of benzene rings is 10. The largest absolute Gasteiger partial charge is 0.310 e. The summed E-state index contributed by atoms with van der Waals surface area (Å²) < 4.78 is 2.67. The molecular weight excluding hydrogens is 719 g/mol. The monoisotopic (exact) mass is 755 g/mol. The standard InChI is InChI=1S/C56H37NS/c1-3-13-38(14-4-1)40-29-33-45(34-30-40)57(54-37-44-17-7-8-18-47(44)50-19-9-10-20-51(50)54)46-35-31-41(32-36-46)39-25-27-43(28-26-39)49-22-12-24-53-52-23-11-21-48(55(52)58-56(49)53)42-15-5-2-6-16-42/h1-37H. The highest BCUT2D eigenvalue weighted by atomic mass is 32.1. The lowest BCUT2D eigenvalue weighted by Crippen LogP contribution is -2.10. The van der Waals surface area contributed by atoms with Crippen molar-refractivity contribution in [1.29, 1.82) is 0 Å². The van der Waals surface area contributed by atoms with Gasteiger partial charge in [-0.25, -0.2) is 0 Å². The second-order valence-corrected chi connectivity index (χ2v) is 15.9. The van der Waals surface area contributed by atoms with Crippen LogP contribution in [0.5, 0.6) is 0 Å². The van der Waals surface area contributed by atoms with E-state index in [9.17, 15) is 0 Å². The van der Waals surface area contributed by atoms with Crippen LogP contribution in [0, 0.1) is 0 Å². The van der Waals surface area contributed by atoms with Gasteiger partial charge in [0.1, 0.15) is 0 Å². The maximum atomic E-state index is 2.41. The summed E-state index contributed by atoms with van der Waals surface area (Å²) in [5.41, 5.74) is 13.2. The van der Waals surface area contributed by atoms with Crippen LogP contribution in [-0.2, 0) is 0 Å². The fraction of sp³-hybridized carbons (Fsp3) is 0. The third-order valence-electron chi connectivity index (χ3n) is 11.5. The van der Waals surface area contributed by atoms with Crippen molar-refractivity contribution >= 4 is 70.1 Å². The minimum atomic E-state index is 1.11. The van der Waals surface area contributed by atoms with Crippen LogP contribution >= 0.6 is 11.3 Å². The van der Waals surface area contributed by atoms with E-state index < -0.39 is 0 Å². The Kier molecular flexibility index (Phi) is 8.42. The predicted octanol–water partition coefficient (Wildman–Crippen LogP) is 16.5. The van der Waals surface area contributed by atoms with Gasteiger partial charge in [-0.3, -0.25) is 0 Å². The van der Waals surface area contributed by atoms with Crippen LogP contribution in [0.15, 0.2) is 224 Å². The van der Waals surface area contributed by atoms with Crippen molar-refractivity contribution in [1.82, 2.24) is 0 Å². The van der Waals surface area contributed by atoms with E-state index in [-0.39, 0.29) is 0 Å². The molecule has 10 aromatic carbocycles. The lowest BCUT2D eigenvalue weighted by molar-refractivity contribution is 1.30. The topological polar surface area (TPSA) is 3.24 Å². The molecule has 0 bridgehead atoms. The average molecular weight is 756 g/mol. The van der Waals surface area contributed by atoms with E-state index in [4.69, 9.17) is 0 Å². The van der Waals surface area contributed by atoms with Gasteiger partial charge in [-0.05, 0) is 91.0 Å². The Labute approximate surface area is 342 Å². The second kappa shape index (κ2) is 14.4. The number of hydrogen-bond acceptors (Lipinski definition) is 2. The van der Waals surface area contributed by atoms with Crippen molar-refractivity contribution in [3.05, 3.63) is 224 Å². The van der Waals surface area contributed by atoms with Crippen molar-refractivity contribution in [3.8, 4) is 44.5 Å². The summed E-state index contributed by atoms with van der Waals surface area (Å²) in [5, 5.41) is 7.59. The molecule has 0 unspecified atom stereocenters. The summed E-state index contributed by atoms with van der Waals surface area (Å²) in [6, 6.07) is 81.7. The fourth-order valence-corrected chi connectivity index (χ4v) is 9.99. The van der Waals surface area contributed by atoms with Gasteiger partial charge in [0.05, 0.1) is 5.69 Å². The Balaban J connectivity index is 0.968. The van der Waals surface area contributed by atoms with Crippen LogP contribution in [0.4, 0.5) is 17.1 Å². The third-order valence-corrected chi connectivity index (χ3v) is 12.8. The number of fused-ring (bicyclic) bond motifs is 6. The number of rotatable bonds is 7. The summed E-state index contributed by atoms with van der Waals surface area (Å²) in [6.45, 7) is 0. The zero-order chi connectivity index (χ0) is 38.4. The molecule has 2 heteroatoms. The highest BCUT2D eigenvalue weighted by Crippen LogP contribution is 2.45. The van der Waals surface area contributed by atoms with Crippen LogP contribution < -0.4 is 4.90 Å².